The van der Waals surface area contributed by atoms with Crippen molar-refractivity contribution in [3.63, 3.8) is 0 Å². The van der Waals surface area contributed by atoms with Gasteiger partial charge in [-0.15, -0.1) is 11.8 Å². The van der Waals surface area contributed by atoms with Crippen molar-refractivity contribution in [2.45, 2.75) is 76.4 Å². The molecule has 2 aliphatic heterocycles. The number of ether oxygens (including phenoxy) is 2. The zero-order chi connectivity index (χ0) is 25.0. The maximum atomic E-state index is 6.59. The Morgan fingerprint density at radius 2 is 1.97 bits per heavy atom. The first kappa shape index (κ1) is 22.8. The summed E-state index contributed by atoms with van der Waals surface area (Å²) in [5.74, 6) is 0.420. The Kier molecular flexibility index (Phi) is 4.63. The van der Waals surface area contributed by atoms with E-state index in [1.54, 1.807) is 18.1 Å². The molecule has 2 saturated carbocycles. The molecule has 0 spiro atoms. The van der Waals surface area contributed by atoms with Gasteiger partial charge in [0.15, 0.2) is 5.79 Å². The molecule has 0 bridgehead atoms. The highest BCUT2D eigenvalue weighted by atomic mass is 32.2. The predicted octanol–water partition coefficient (Wildman–Crippen LogP) is 5.41. The van der Waals surface area contributed by atoms with E-state index in [0.29, 0.717) is 11.7 Å². The standard InChI is InChI=1S/C28H33N5O2S/c1-26(2)17-7-6-15(12-19(17)32-25(26)36-5)8-10-28-13-18(28)20(21-22(28)35-27(3,4)34-21)33-11-9-16-23(29)30-14-31-24(16)33/h6-7,9,11-12,14,18,20-22H,8,10,13H2,1-5H3,(H2,29,30,31)/t18-,20-,21+,22+,28?/m1/s1. The van der Waals surface area contributed by atoms with E-state index in [0.717, 1.165) is 36.0 Å². The Hall–Kier alpha value is -2.42. The predicted molar refractivity (Wildman–Crippen MR) is 144 cm³/mol. The number of nitrogens with zero attached hydrogens (tertiary/aromatic N) is 4. The Bertz CT molecular complexity index is 1430. The summed E-state index contributed by atoms with van der Waals surface area (Å²) in [6, 6.07) is 9.09. The minimum atomic E-state index is -0.590. The summed E-state index contributed by atoms with van der Waals surface area (Å²) < 4.78 is 15.4. The SMILES string of the molecule is CSC1=Nc2cc(CCC34C[C@@H]3[C@@H](n3ccc5c(N)ncnc53)[C@@H]3OC(C)(C)O[C@@H]34)ccc2C1(C)C. The molecule has 1 aromatic carbocycles. The molecule has 188 valence electrons. The fourth-order valence-corrected chi connectivity index (χ4v) is 8.07. The molecule has 4 heterocycles. The van der Waals surface area contributed by atoms with Crippen LogP contribution in [0.4, 0.5) is 11.5 Å². The van der Waals surface area contributed by atoms with Crippen LogP contribution in [0.15, 0.2) is 41.8 Å². The normalized spacial score (nSPS) is 32.9. The second-order valence-electron chi connectivity index (χ2n) is 11.9. The van der Waals surface area contributed by atoms with E-state index >= 15 is 0 Å². The monoisotopic (exact) mass is 503 g/mol. The maximum Gasteiger partial charge on any atom is 0.163 e. The van der Waals surface area contributed by atoms with Crippen LogP contribution in [0.1, 0.15) is 57.7 Å². The van der Waals surface area contributed by atoms with Crippen molar-refractivity contribution in [1.29, 1.82) is 0 Å². The molecular weight excluding hydrogens is 470 g/mol. The first-order chi connectivity index (χ1) is 17.1. The minimum Gasteiger partial charge on any atom is -0.383 e. The number of aryl methyl sites for hydroxylation is 1. The van der Waals surface area contributed by atoms with Gasteiger partial charge in [0.05, 0.1) is 28.3 Å². The molecule has 3 fully saturated rings. The van der Waals surface area contributed by atoms with Crippen LogP contribution in [0.25, 0.3) is 11.0 Å². The first-order valence-corrected chi connectivity index (χ1v) is 14.1. The molecule has 2 aliphatic carbocycles. The summed E-state index contributed by atoms with van der Waals surface area (Å²) in [7, 11) is 0. The van der Waals surface area contributed by atoms with Crippen molar-refractivity contribution in [2.75, 3.05) is 12.0 Å². The Morgan fingerprint density at radius 3 is 2.78 bits per heavy atom. The summed E-state index contributed by atoms with van der Waals surface area (Å²) >= 11 is 1.75. The highest BCUT2D eigenvalue weighted by Gasteiger charge is 2.75. The van der Waals surface area contributed by atoms with Crippen LogP contribution in [-0.2, 0) is 21.3 Å². The number of anilines is 1. The number of fused-ring (bicyclic) bond motifs is 5. The topological polar surface area (TPSA) is 87.6 Å². The third-order valence-corrected chi connectivity index (χ3v) is 10.0. The number of benzene rings is 1. The number of nitrogen functional groups attached to an aromatic ring is 1. The van der Waals surface area contributed by atoms with Gasteiger partial charge >= 0.3 is 0 Å². The maximum absolute atomic E-state index is 6.59. The molecule has 8 heteroatoms. The molecule has 0 radical (unpaired) electrons. The third-order valence-electron chi connectivity index (χ3n) is 9.05. The number of rotatable bonds is 4. The van der Waals surface area contributed by atoms with Crippen molar-refractivity contribution in [1.82, 2.24) is 14.5 Å². The van der Waals surface area contributed by atoms with E-state index in [2.05, 4.69) is 59.0 Å². The van der Waals surface area contributed by atoms with Crippen LogP contribution < -0.4 is 5.73 Å². The third kappa shape index (κ3) is 3.04. The number of thioether (sulfide) groups is 1. The second-order valence-corrected chi connectivity index (χ2v) is 12.7. The van der Waals surface area contributed by atoms with Crippen LogP contribution in [0.3, 0.4) is 0 Å². The van der Waals surface area contributed by atoms with Crippen molar-refractivity contribution < 1.29 is 9.47 Å². The molecule has 2 N–H and O–H groups in total. The van der Waals surface area contributed by atoms with E-state index in [1.807, 2.05) is 19.9 Å². The summed E-state index contributed by atoms with van der Waals surface area (Å²) in [5.41, 5.74) is 10.9. The summed E-state index contributed by atoms with van der Waals surface area (Å²) in [6.45, 7) is 8.60. The van der Waals surface area contributed by atoms with Gasteiger partial charge < -0.3 is 19.8 Å². The molecule has 36 heavy (non-hydrogen) atoms. The zero-order valence-electron chi connectivity index (χ0n) is 21.5. The number of hydrogen-bond donors (Lipinski definition) is 1. The number of aliphatic imine (C=N–C) groups is 1. The van der Waals surface area contributed by atoms with Gasteiger partial charge in [-0.3, -0.25) is 0 Å². The van der Waals surface area contributed by atoms with Crippen LogP contribution in [0, 0.1) is 11.3 Å². The average Bonchev–Trinajstić information content (AvgIpc) is 3.05. The minimum absolute atomic E-state index is 0.0000896. The number of aromatic nitrogens is 3. The fraction of sp³-hybridized carbons (Fsp3) is 0.536. The second kappa shape index (κ2) is 7.33. The summed E-state index contributed by atoms with van der Waals surface area (Å²) in [4.78, 5) is 13.7. The molecule has 0 amide bonds. The van der Waals surface area contributed by atoms with Crippen LogP contribution in [0.5, 0.6) is 0 Å². The largest absolute Gasteiger partial charge is 0.383 e. The van der Waals surface area contributed by atoms with Crippen molar-refractivity contribution >= 4 is 39.3 Å². The molecular formula is C28H33N5O2S. The van der Waals surface area contributed by atoms with Crippen LogP contribution in [-0.4, -0.2) is 43.8 Å². The summed E-state index contributed by atoms with van der Waals surface area (Å²) in [5, 5.41) is 2.09. The quantitative estimate of drug-likeness (QED) is 0.512. The molecule has 7 nitrogen and oxygen atoms in total. The van der Waals surface area contributed by atoms with Crippen molar-refractivity contribution in [3.05, 3.63) is 47.9 Å². The summed E-state index contributed by atoms with van der Waals surface area (Å²) in [6.07, 6.45) is 9.08. The van der Waals surface area contributed by atoms with Crippen molar-refractivity contribution in [2.24, 2.45) is 16.3 Å². The fourth-order valence-electron chi connectivity index (χ4n) is 7.26. The van der Waals surface area contributed by atoms with Crippen molar-refractivity contribution in [3.8, 4) is 0 Å². The molecule has 5 atom stereocenters. The van der Waals surface area contributed by atoms with Gasteiger partial charge in [0.25, 0.3) is 0 Å². The zero-order valence-corrected chi connectivity index (χ0v) is 22.3. The number of nitrogens with two attached hydrogens (primary N) is 1. The van der Waals surface area contributed by atoms with E-state index in [1.165, 1.54) is 16.2 Å². The lowest BCUT2D eigenvalue weighted by Crippen LogP contribution is -2.32. The van der Waals surface area contributed by atoms with Gasteiger partial charge in [-0.25, -0.2) is 15.0 Å². The van der Waals surface area contributed by atoms with Crippen LogP contribution in [0.2, 0.25) is 0 Å². The van der Waals surface area contributed by atoms with Gasteiger partial charge in [-0.2, -0.15) is 0 Å². The van der Waals surface area contributed by atoms with Crippen LogP contribution >= 0.6 is 11.8 Å². The van der Waals surface area contributed by atoms with Gasteiger partial charge in [0.1, 0.15) is 23.9 Å². The number of hydrogen-bond acceptors (Lipinski definition) is 7. The first-order valence-electron chi connectivity index (χ1n) is 12.8. The molecule has 2 aromatic heterocycles. The lowest BCUT2D eigenvalue weighted by Gasteiger charge is -2.24. The van der Waals surface area contributed by atoms with Gasteiger partial charge in [-0.05, 0) is 82.4 Å². The molecule has 1 saturated heterocycles. The van der Waals surface area contributed by atoms with E-state index in [-0.39, 0.29) is 29.1 Å². The average molecular weight is 504 g/mol. The lowest BCUT2D eigenvalue weighted by molar-refractivity contribution is -0.161. The molecule has 4 aliphatic rings. The smallest absolute Gasteiger partial charge is 0.163 e. The van der Waals surface area contributed by atoms with Gasteiger partial charge in [0, 0.05) is 17.0 Å². The van der Waals surface area contributed by atoms with E-state index < -0.39 is 5.79 Å². The van der Waals surface area contributed by atoms with E-state index in [4.69, 9.17) is 20.2 Å². The van der Waals surface area contributed by atoms with E-state index in [9.17, 15) is 0 Å². The molecule has 7 rings (SSSR count). The highest BCUT2D eigenvalue weighted by molar-refractivity contribution is 8.13. The highest BCUT2D eigenvalue weighted by Crippen LogP contribution is 2.73. The van der Waals surface area contributed by atoms with Gasteiger partial charge in [-0.1, -0.05) is 12.1 Å². The Balaban J connectivity index is 1.19. The van der Waals surface area contributed by atoms with Gasteiger partial charge in [0.2, 0.25) is 0 Å². The Morgan fingerprint density at radius 1 is 1.14 bits per heavy atom. The molecule has 1 unspecified atom stereocenters. The molecule has 3 aromatic rings. The Labute approximate surface area is 215 Å². The lowest BCUT2D eigenvalue weighted by atomic mass is 9.85.